The number of nitrogens with one attached hydrogen (secondary N) is 1. The molecule has 1 amide bonds. The van der Waals surface area contributed by atoms with Crippen molar-refractivity contribution in [2.45, 2.75) is 26.3 Å². The number of nitrogens with zero attached hydrogens (tertiary/aromatic N) is 3. The summed E-state index contributed by atoms with van der Waals surface area (Å²) < 4.78 is 10.9. The lowest BCUT2D eigenvalue weighted by Crippen LogP contribution is -2.40. The van der Waals surface area contributed by atoms with Crippen molar-refractivity contribution in [3.8, 4) is 17.2 Å². The van der Waals surface area contributed by atoms with Crippen LogP contribution in [0.3, 0.4) is 0 Å². The van der Waals surface area contributed by atoms with Crippen molar-refractivity contribution >= 4 is 5.91 Å². The Morgan fingerprint density at radius 2 is 2.00 bits per heavy atom. The van der Waals surface area contributed by atoms with Gasteiger partial charge in [0.2, 0.25) is 17.7 Å². The Hall–Kier alpha value is -2.41. The SMILES string of the molecule is CCNC(=O)C1CCN(Cc2nnc(-c3ccc(OC)cc3)o2)CC1. The molecule has 0 atom stereocenters. The maximum atomic E-state index is 11.9. The molecule has 1 fully saturated rings. The van der Waals surface area contributed by atoms with E-state index in [0.29, 0.717) is 24.9 Å². The molecule has 0 aliphatic carbocycles. The summed E-state index contributed by atoms with van der Waals surface area (Å²) in [6.45, 7) is 4.98. The Kier molecular flexibility index (Phi) is 5.65. The van der Waals surface area contributed by atoms with Crippen LogP contribution in [-0.2, 0) is 11.3 Å². The molecule has 1 saturated heterocycles. The van der Waals surface area contributed by atoms with Crippen molar-refractivity contribution in [3.63, 3.8) is 0 Å². The van der Waals surface area contributed by atoms with Gasteiger partial charge in [-0.25, -0.2) is 0 Å². The molecule has 134 valence electrons. The third kappa shape index (κ3) is 4.36. The molecule has 0 unspecified atom stereocenters. The predicted octanol–water partition coefficient (Wildman–Crippen LogP) is 2.09. The van der Waals surface area contributed by atoms with E-state index in [1.165, 1.54) is 0 Å². The van der Waals surface area contributed by atoms with Gasteiger partial charge < -0.3 is 14.5 Å². The number of likely N-dealkylation sites (tertiary alicyclic amines) is 1. The zero-order valence-corrected chi connectivity index (χ0v) is 14.7. The Labute approximate surface area is 147 Å². The van der Waals surface area contributed by atoms with Gasteiger partial charge >= 0.3 is 0 Å². The molecule has 0 bridgehead atoms. The van der Waals surface area contributed by atoms with Crippen LogP contribution in [-0.4, -0.2) is 47.7 Å². The van der Waals surface area contributed by atoms with Crippen LogP contribution in [0, 0.1) is 5.92 Å². The summed E-state index contributed by atoms with van der Waals surface area (Å²) >= 11 is 0. The lowest BCUT2D eigenvalue weighted by atomic mass is 9.96. The summed E-state index contributed by atoms with van der Waals surface area (Å²) in [5.74, 6) is 2.19. The van der Waals surface area contributed by atoms with Crippen molar-refractivity contribution < 1.29 is 13.9 Å². The van der Waals surface area contributed by atoms with Crippen LogP contribution in [0.25, 0.3) is 11.5 Å². The van der Waals surface area contributed by atoms with Crippen LogP contribution in [0.2, 0.25) is 0 Å². The second-order valence-corrected chi connectivity index (χ2v) is 6.17. The molecule has 2 heterocycles. The van der Waals surface area contributed by atoms with Crippen molar-refractivity contribution in [2.75, 3.05) is 26.7 Å². The van der Waals surface area contributed by atoms with E-state index in [2.05, 4.69) is 20.4 Å². The predicted molar refractivity (Wildman–Crippen MR) is 93.0 cm³/mol. The van der Waals surface area contributed by atoms with Gasteiger partial charge in [0.25, 0.3) is 0 Å². The fourth-order valence-corrected chi connectivity index (χ4v) is 3.03. The fourth-order valence-electron chi connectivity index (χ4n) is 3.03. The lowest BCUT2D eigenvalue weighted by Gasteiger charge is -2.30. The average molecular weight is 344 g/mol. The van der Waals surface area contributed by atoms with Gasteiger partial charge in [-0.3, -0.25) is 9.69 Å². The first-order valence-electron chi connectivity index (χ1n) is 8.66. The highest BCUT2D eigenvalue weighted by atomic mass is 16.5. The van der Waals surface area contributed by atoms with Gasteiger partial charge in [0.1, 0.15) is 5.75 Å². The number of carbonyl (C=O) groups is 1. The van der Waals surface area contributed by atoms with Crippen LogP contribution < -0.4 is 10.1 Å². The van der Waals surface area contributed by atoms with E-state index in [4.69, 9.17) is 9.15 Å². The number of ether oxygens (including phenoxy) is 1. The second-order valence-electron chi connectivity index (χ2n) is 6.17. The number of benzene rings is 1. The molecular weight excluding hydrogens is 320 g/mol. The highest BCUT2D eigenvalue weighted by Gasteiger charge is 2.25. The highest BCUT2D eigenvalue weighted by molar-refractivity contribution is 5.78. The molecule has 0 spiro atoms. The van der Waals surface area contributed by atoms with E-state index in [9.17, 15) is 4.79 Å². The number of piperidine rings is 1. The summed E-state index contributed by atoms with van der Waals surface area (Å²) in [5.41, 5.74) is 0.870. The maximum absolute atomic E-state index is 11.9. The minimum atomic E-state index is 0.119. The molecule has 1 aromatic heterocycles. The number of methoxy groups -OCH3 is 1. The Bertz CT molecular complexity index is 691. The minimum absolute atomic E-state index is 0.119. The summed E-state index contributed by atoms with van der Waals surface area (Å²) in [6, 6.07) is 7.53. The molecule has 7 nitrogen and oxygen atoms in total. The lowest BCUT2D eigenvalue weighted by molar-refractivity contribution is -0.126. The summed E-state index contributed by atoms with van der Waals surface area (Å²) in [7, 11) is 1.63. The molecular formula is C18H24N4O3. The minimum Gasteiger partial charge on any atom is -0.497 e. The zero-order valence-electron chi connectivity index (χ0n) is 14.7. The van der Waals surface area contributed by atoms with Crippen molar-refractivity contribution in [2.24, 2.45) is 5.92 Å². The molecule has 1 N–H and O–H groups in total. The molecule has 7 heteroatoms. The molecule has 25 heavy (non-hydrogen) atoms. The first-order chi connectivity index (χ1) is 12.2. The Morgan fingerprint density at radius 1 is 1.28 bits per heavy atom. The van der Waals surface area contributed by atoms with Gasteiger partial charge in [-0.15, -0.1) is 10.2 Å². The van der Waals surface area contributed by atoms with E-state index in [-0.39, 0.29) is 11.8 Å². The van der Waals surface area contributed by atoms with E-state index in [0.717, 1.165) is 37.2 Å². The van der Waals surface area contributed by atoms with Gasteiger partial charge in [-0.1, -0.05) is 0 Å². The van der Waals surface area contributed by atoms with Gasteiger partial charge in [0.15, 0.2) is 0 Å². The first kappa shape index (κ1) is 17.4. The van der Waals surface area contributed by atoms with E-state index < -0.39 is 0 Å². The third-order valence-corrected chi connectivity index (χ3v) is 4.47. The van der Waals surface area contributed by atoms with Gasteiger partial charge in [0, 0.05) is 18.0 Å². The van der Waals surface area contributed by atoms with Gasteiger partial charge in [-0.2, -0.15) is 0 Å². The number of aromatic nitrogens is 2. The normalized spacial score (nSPS) is 15.9. The standard InChI is InChI=1S/C18H24N4O3/c1-3-19-17(23)13-8-10-22(11-9-13)12-16-20-21-18(25-16)14-4-6-15(24-2)7-5-14/h4-7,13H,3,8-12H2,1-2H3,(H,19,23). The van der Waals surface area contributed by atoms with Gasteiger partial charge in [0.05, 0.1) is 13.7 Å². The topological polar surface area (TPSA) is 80.5 Å². The monoisotopic (exact) mass is 344 g/mol. The molecule has 1 aromatic carbocycles. The van der Waals surface area contributed by atoms with E-state index >= 15 is 0 Å². The number of hydrogen-bond acceptors (Lipinski definition) is 6. The third-order valence-electron chi connectivity index (χ3n) is 4.47. The Balaban J connectivity index is 1.54. The smallest absolute Gasteiger partial charge is 0.247 e. The quantitative estimate of drug-likeness (QED) is 0.864. The molecule has 1 aliphatic heterocycles. The van der Waals surface area contributed by atoms with Crippen LogP contribution in [0.1, 0.15) is 25.7 Å². The van der Waals surface area contributed by atoms with Crippen LogP contribution in [0.15, 0.2) is 28.7 Å². The second kappa shape index (κ2) is 8.11. The van der Waals surface area contributed by atoms with E-state index in [1.54, 1.807) is 7.11 Å². The van der Waals surface area contributed by atoms with Crippen molar-refractivity contribution in [3.05, 3.63) is 30.2 Å². The highest BCUT2D eigenvalue weighted by Crippen LogP contribution is 2.23. The van der Waals surface area contributed by atoms with E-state index in [1.807, 2.05) is 31.2 Å². The molecule has 3 rings (SSSR count). The number of carbonyl (C=O) groups excluding carboxylic acids is 1. The van der Waals surface area contributed by atoms with Crippen LogP contribution in [0.5, 0.6) is 5.75 Å². The Morgan fingerprint density at radius 3 is 2.64 bits per heavy atom. The average Bonchev–Trinajstić information content (AvgIpc) is 3.11. The van der Waals surface area contributed by atoms with Crippen LogP contribution in [0.4, 0.5) is 0 Å². The van der Waals surface area contributed by atoms with Crippen LogP contribution >= 0.6 is 0 Å². The number of amides is 1. The molecule has 0 radical (unpaired) electrons. The largest absolute Gasteiger partial charge is 0.497 e. The summed E-state index contributed by atoms with van der Waals surface area (Å²) in [5, 5.41) is 11.2. The number of hydrogen-bond donors (Lipinski definition) is 1. The first-order valence-corrected chi connectivity index (χ1v) is 8.66. The maximum Gasteiger partial charge on any atom is 0.247 e. The van der Waals surface area contributed by atoms with Crippen molar-refractivity contribution in [1.29, 1.82) is 0 Å². The number of rotatable bonds is 6. The zero-order chi connectivity index (χ0) is 17.6. The molecule has 0 saturated carbocycles. The summed E-state index contributed by atoms with van der Waals surface area (Å²) in [4.78, 5) is 14.1. The van der Waals surface area contributed by atoms with Gasteiger partial charge in [-0.05, 0) is 57.1 Å². The fraction of sp³-hybridized carbons (Fsp3) is 0.500. The van der Waals surface area contributed by atoms with Crippen molar-refractivity contribution in [1.82, 2.24) is 20.4 Å². The molecule has 1 aliphatic rings. The molecule has 2 aromatic rings. The summed E-state index contributed by atoms with van der Waals surface area (Å²) in [6.07, 6.45) is 1.73.